The minimum atomic E-state index is -3.41. The van der Waals surface area contributed by atoms with Crippen molar-refractivity contribution in [3.63, 3.8) is 0 Å². The fraction of sp³-hybridized carbons (Fsp3) is 0.417. The number of ether oxygens (including phenoxy) is 2. The Morgan fingerprint density at radius 2 is 1.79 bits per heavy atom. The van der Waals surface area contributed by atoms with Gasteiger partial charge in [-0.1, -0.05) is 23.9 Å². The van der Waals surface area contributed by atoms with Crippen molar-refractivity contribution in [2.75, 3.05) is 18.1 Å². The van der Waals surface area contributed by atoms with Crippen LogP contribution in [0.2, 0.25) is 0 Å². The lowest BCUT2D eigenvalue weighted by Crippen LogP contribution is -2.48. The first-order valence-electron chi connectivity index (χ1n) is 11.9. The molecule has 0 spiro atoms. The Morgan fingerprint density at radius 1 is 1.11 bits per heavy atom. The summed E-state index contributed by atoms with van der Waals surface area (Å²) >= 11 is 0.950. The highest BCUT2D eigenvalue weighted by molar-refractivity contribution is 8.00. The van der Waals surface area contributed by atoms with E-state index in [9.17, 15) is 33.0 Å². The molecule has 5 rings (SSSR count). The number of hydrogen-bond donors (Lipinski definition) is 3. The number of nitrogens with zero attached hydrogens (tertiary/aromatic N) is 2. The summed E-state index contributed by atoms with van der Waals surface area (Å²) in [5.41, 5.74) is -0.854. The average molecular weight is 564 g/mol. The quantitative estimate of drug-likeness (QED) is 0.431. The molecule has 1 aliphatic carbocycles. The van der Waals surface area contributed by atoms with Crippen LogP contribution in [0.15, 0.2) is 46.5 Å². The lowest BCUT2D eigenvalue weighted by Gasteiger charge is -2.29. The van der Waals surface area contributed by atoms with E-state index < -0.39 is 39.4 Å². The van der Waals surface area contributed by atoms with E-state index >= 15 is 0 Å². The number of benzene rings is 1. The summed E-state index contributed by atoms with van der Waals surface area (Å²) in [5.74, 6) is -1.90. The molecule has 0 bridgehead atoms. The number of carbonyl (C=O) groups is 3. The average Bonchev–Trinajstić information content (AvgIpc) is 3.69. The number of sulfone groups is 1. The first-order chi connectivity index (χ1) is 18.1. The van der Waals surface area contributed by atoms with Crippen LogP contribution >= 0.6 is 11.8 Å². The third-order valence-electron chi connectivity index (χ3n) is 6.48. The number of aromatic nitrogens is 1. The summed E-state index contributed by atoms with van der Waals surface area (Å²) in [6, 6.07) is 7.17. The zero-order chi connectivity index (χ0) is 27.0. The molecule has 2 unspecified atom stereocenters. The number of amides is 2. The fourth-order valence-corrected chi connectivity index (χ4v) is 7.04. The molecule has 2 atom stereocenters. The van der Waals surface area contributed by atoms with Crippen molar-refractivity contribution in [1.29, 1.82) is 0 Å². The molecular weight excluding hydrogens is 538 g/mol. The van der Waals surface area contributed by atoms with Crippen LogP contribution < -0.4 is 10.2 Å². The minimum Gasteiger partial charge on any atom is -0.478 e. The van der Waals surface area contributed by atoms with Gasteiger partial charge in [-0.15, -0.1) is 0 Å². The number of fused-ring (bicyclic) bond motifs is 1. The predicted molar refractivity (Wildman–Crippen MR) is 134 cm³/mol. The first-order valence-corrected chi connectivity index (χ1v) is 14.4. The molecule has 1 saturated heterocycles. The van der Waals surface area contributed by atoms with Crippen LogP contribution in [-0.2, 0) is 24.1 Å². The largest absolute Gasteiger partial charge is 0.478 e. The van der Waals surface area contributed by atoms with Gasteiger partial charge >= 0.3 is 12.1 Å². The van der Waals surface area contributed by atoms with Crippen LogP contribution in [0.4, 0.5) is 10.5 Å². The van der Waals surface area contributed by atoms with Gasteiger partial charge in [0.25, 0.3) is 5.91 Å². The number of nitrogens with one attached hydrogen (secondary N) is 1. The second-order valence-electron chi connectivity index (χ2n) is 9.13. The van der Waals surface area contributed by atoms with E-state index in [-0.39, 0.29) is 32.5 Å². The molecule has 1 aromatic carbocycles. The zero-order valence-electron chi connectivity index (χ0n) is 20.0. The van der Waals surface area contributed by atoms with E-state index in [1.165, 1.54) is 30.3 Å². The van der Waals surface area contributed by atoms with E-state index in [1.54, 1.807) is 0 Å². The highest BCUT2D eigenvalue weighted by Gasteiger charge is 2.40. The van der Waals surface area contributed by atoms with Crippen molar-refractivity contribution in [1.82, 2.24) is 10.3 Å². The Kier molecular flexibility index (Phi) is 7.31. The molecule has 12 nitrogen and oxygen atoms in total. The molecule has 14 heteroatoms. The summed E-state index contributed by atoms with van der Waals surface area (Å²) in [6.07, 6.45) is 0.652. The monoisotopic (exact) mass is 563 g/mol. The predicted octanol–water partition coefficient (Wildman–Crippen LogP) is 2.64. The van der Waals surface area contributed by atoms with Gasteiger partial charge in [0, 0.05) is 19.4 Å². The molecule has 3 N–H and O–H groups in total. The Morgan fingerprint density at radius 3 is 2.39 bits per heavy atom. The smallest absolute Gasteiger partial charge is 0.414 e. The van der Waals surface area contributed by atoms with Gasteiger partial charge in [-0.3, -0.25) is 4.79 Å². The molecule has 2 aromatic rings. The van der Waals surface area contributed by atoms with Gasteiger partial charge in [-0.2, -0.15) is 0 Å². The van der Waals surface area contributed by atoms with Gasteiger partial charge in [-0.25, -0.2) is 27.9 Å². The third kappa shape index (κ3) is 5.34. The van der Waals surface area contributed by atoms with Crippen molar-refractivity contribution in [2.45, 2.75) is 58.6 Å². The normalized spacial score (nSPS) is 20.5. The Balaban J connectivity index is 1.40. The molecule has 0 radical (unpaired) electrons. The molecule has 1 aromatic heterocycles. The summed E-state index contributed by atoms with van der Waals surface area (Å²) in [4.78, 5) is 42.0. The first kappa shape index (κ1) is 26.4. The summed E-state index contributed by atoms with van der Waals surface area (Å²) in [6.45, 7) is 0.936. The zero-order valence-corrected chi connectivity index (χ0v) is 21.6. The van der Waals surface area contributed by atoms with Gasteiger partial charge in [0.05, 0.1) is 27.5 Å². The topological polar surface area (TPSA) is 172 Å². The lowest BCUT2D eigenvalue weighted by molar-refractivity contribution is -0.141. The second-order valence-corrected chi connectivity index (χ2v) is 12.4. The van der Waals surface area contributed by atoms with Crippen LogP contribution in [0.25, 0.3) is 0 Å². The minimum absolute atomic E-state index is 0.0456. The number of carboxylic acid groups (broad SMARTS) is 2. The van der Waals surface area contributed by atoms with Crippen molar-refractivity contribution in [3.05, 3.63) is 47.7 Å². The van der Waals surface area contributed by atoms with E-state index in [2.05, 4.69) is 10.3 Å². The van der Waals surface area contributed by atoms with Crippen molar-refractivity contribution in [2.24, 2.45) is 0 Å². The van der Waals surface area contributed by atoms with Crippen molar-refractivity contribution < 1.29 is 42.5 Å². The maximum absolute atomic E-state index is 13.5. The molecule has 2 fully saturated rings. The molecule has 3 aliphatic rings. The summed E-state index contributed by atoms with van der Waals surface area (Å²) in [5, 5.41) is 21.6. The van der Waals surface area contributed by atoms with Crippen LogP contribution in [0.1, 0.15) is 47.7 Å². The third-order valence-corrected chi connectivity index (χ3v) is 9.85. The molecule has 3 heterocycles. The Hall–Kier alpha value is -3.20. The van der Waals surface area contributed by atoms with Crippen LogP contribution in [0.5, 0.6) is 0 Å². The van der Waals surface area contributed by atoms with Gasteiger partial charge in [0.2, 0.25) is 0 Å². The number of pyridine rings is 1. The maximum Gasteiger partial charge on any atom is 0.414 e. The number of hydrogen-bond acceptors (Lipinski definition) is 9. The number of carboxylic acids is 1. The fourth-order valence-electron chi connectivity index (χ4n) is 4.30. The van der Waals surface area contributed by atoms with E-state index in [0.717, 1.165) is 22.9 Å². The SMILES string of the molecule is O=C(O)c1cnc2c(c1)N(C(=O)O)C(NC(=O)C(OC1CCOCC1)c1ccc(S(=O)(=O)C3CC3)cc1)S2. The van der Waals surface area contributed by atoms with Gasteiger partial charge in [-0.05, 0) is 49.4 Å². The molecule has 202 valence electrons. The van der Waals surface area contributed by atoms with Crippen LogP contribution in [-0.4, -0.2) is 71.7 Å². The van der Waals surface area contributed by atoms with Gasteiger partial charge < -0.3 is 25.0 Å². The van der Waals surface area contributed by atoms with Crippen molar-refractivity contribution in [3.8, 4) is 0 Å². The van der Waals surface area contributed by atoms with Crippen LogP contribution in [0.3, 0.4) is 0 Å². The number of anilines is 1. The van der Waals surface area contributed by atoms with E-state index in [1.807, 2.05) is 0 Å². The maximum atomic E-state index is 13.5. The molecular formula is C24H25N3O9S2. The number of carbonyl (C=O) groups excluding carboxylic acids is 1. The second kappa shape index (κ2) is 10.5. The molecule has 2 amide bonds. The number of thioether (sulfide) groups is 1. The van der Waals surface area contributed by atoms with Gasteiger partial charge in [0.1, 0.15) is 5.03 Å². The summed E-state index contributed by atoms with van der Waals surface area (Å²) < 4.78 is 36.7. The van der Waals surface area contributed by atoms with E-state index in [0.29, 0.717) is 44.5 Å². The highest BCUT2D eigenvalue weighted by Crippen LogP contribution is 2.42. The van der Waals surface area contributed by atoms with E-state index in [4.69, 9.17) is 9.47 Å². The lowest BCUT2D eigenvalue weighted by atomic mass is 10.1. The molecule has 1 saturated carbocycles. The highest BCUT2D eigenvalue weighted by atomic mass is 32.2. The summed E-state index contributed by atoms with van der Waals surface area (Å²) in [7, 11) is -3.41. The van der Waals surface area contributed by atoms with Crippen molar-refractivity contribution >= 4 is 45.3 Å². The number of rotatable bonds is 8. The number of aromatic carboxylic acids is 1. The standard InChI is InChI=1S/C24H25N3O9S2/c28-20(26-23-27(24(31)32)18-11-14(22(29)30)12-25-21(18)37-23)19(36-15-7-9-35-10-8-15)13-1-3-16(4-2-13)38(33,34)17-5-6-17/h1-4,11-12,15,17,19,23H,5-10H2,(H,26,28)(H,29,30)(H,31,32). The van der Waals surface area contributed by atoms with Gasteiger partial charge in [0.15, 0.2) is 21.4 Å². The Labute approximate surface area is 222 Å². The van der Waals surface area contributed by atoms with Crippen LogP contribution in [0, 0.1) is 0 Å². The molecule has 38 heavy (non-hydrogen) atoms. The molecule has 2 aliphatic heterocycles. The Bertz CT molecular complexity index is 1360.